The number of rotatable bonds is 2. The average molecular weight is 187 g/mol. The lowest BCUT2D eigenvalue weighted by atomic mass is 10.1. The predicted octanol–water partition coefficient (Wildman–Crippen LogP) is 2.16. The van der Waals surface area contributed by atoms with Crippen molar-refractivity contribution in [1.82, 2.24) is 4.98 Å². The van der Waals surface area contributed by atoms with E-state index in [0.717, 1.165) is 16.5 Å². The predicted molar refractivity (Wildman–Crippen MR) is 57.1 cm³/mol. The Hall–Kier alpha value is -1.41. The number of aromatic nitrogens is 1. The Bertz CT molecular complexity index is 437. The Kier molecular flexibility index (Phi) is 2.46. The summed E-state index contributed by atoms with van der Waals surface area (Å²) in [7, 11) is 0. The van der Waals surface area contributed by atoms with Crippen molar-refractivity contribution >= 4 is 10.9 Å². The fourth-order valence-corrected chi connectivity index (χ4v) is 1.58. The average Bonchev–Trinajstić information content (AvgIpc) is 2.17. The van der Waals surface area contributed by atoms with Crippen LogP contribution in [-0.4, -0.2) is 16.2 Å². The summed E-state index contributed by atoms with van der Waals surface area (Å²) < 4.78 is 0. The van der Waals surface area contributed by atoms with Crippen LogP contribution in [0.25, 0.3) is 10.9 Å². The van der Waals surface area contributed by atoms with Crippen LogP contribution in [0.3, 0.4) is 0 Å². The zero-order valence-electron chi connectivity index (χ0n) is 8.14. The van der Waals surface area contributed by atoms with Crippen LogP contribution in [-0.2, 0) is 6.42 Å². The molecule has 0 saturated carbocycles. The van der Waals surface area contributed by atoms with Crippen LogP contribution < -0.4 is 0 Å². The zero-order valence-corrected chi connectivity index (χ0v) is 8.14. The van der Waals surface area contributed by atoms with Gasteiger partial charge >= 0.3 is 0 Å². The third-order valence-corrected chi connectivity index (χ3v) is 2.20. The van der Waals surface area contributed by atoms with Gasteiger partial charge in [-0.2, -0.15) is 0 Å². The molecule has 1 heterocycles. The molecular formula is C12H13NO. The molecule has 1 aromatic carbocycles. The van der Waals surface area contributed by atoms with Crippen LogP contribution >= 0.6 is 0 Å². The van der Waals surface area contributed by atoms with Crippen molar-refractivity contribution in [2.45, 2.75) is 19.4 Å². The second-order valence-corrected chi connectivity index (χ2v) is 3.58. The van der Waals surface area contributed by atoms with E-state index in [4.69, 9.17) is 0 Å². The van der Waals surface area contributed by atoms with Crippen LogP contribution in [0.2, 0.25) is 0 Å². The molecule has 2 nitrogen and oxygen atoms in total. The minimum Gasteiger partial charge on any atom is -0.393 e. The molecule has 0 aliphatic rings. The first kappa shape index (κ1) is 9.16. The van der Waals surface area contributed by atoms with Gasteiger partial charge in [0, 0.05) is 11.6 Å². The molecule has 0 saturated heterocycles. The van der Waals surface area contributed by atoms with Crippen molar-refractivity contribution in [3.63, 3.8) is 0 Å². The van der Waals surface area contributed by atoms with Crippen LogP contribution in [0.1, 0.15) is 12.5 Å². The molecule has 1 aromatic heterocycles. The van der Waals surface area contributed by atoms with Gasteiger partial charge in [-0.1, -0.05) is 18.2 Å². The van der Waals surface area contributed by atoms with Gasteiger partial charge in [-0.05, 0) is 31.0 Å². The summed E-state index contributed by atoms with van der Waals surface area (Å²) in [4.78, 5) is 4.27. The van der Waals surface area contributed by atoms with Crippen molar-refractivity contribution in [2.75, 3.05) is 0 Å². The highest BCUT2D eigenvalue weighted by molar-refractivity contribution is 5.78. The molecule has 2 aromatic rings. The highest BCUT2D eigenvalue weighted by Gasteiger charge is 2.00. The first-order valence-electron chi connectivity index (χ1n) is 4.77. The molecule has 1 atom stereocenters. The summed E-state index contributed by atoms with van der Waals surface area (Å²) >= 11 is 0. The van der Waals surface area contributed by atoms with Gasteiger partial charge in [0.2, 0.25) is 0 Å². The van der Waals surface area contributed by atoms with E-state index in [1.807, 2.05) is 30.3 Å². The Balaban J connectivity index is 2.41. The van der Waals surface area contributed by atoms with Gasteiger partial charge in [0.1, 0.15) is 0 Å². The van der Waals surface area contributed by atoms with Crippen molar-refractivity contribution in [2.24, 2.45) is 0 Å². The number of hydrogen-bond donors (Lipinski definition) is 1. The highest BCUT2D eigenvalue weighted by Crippen LogP contribution is 2.14. The normalized spacial score (nSPS) is 13.0. The van der Waals surface area contributed by atoms with Crippen molar-refractivity contribution < 1.29 is 5.11 Å². The molecule has 2 rings (SSSR count). The Morgan fingerprint density at radius 3 is 3.00 bits per heavy atom. The minimum atomic E-state index is -0.295. The molecule has 1 N–H and O–H groups in total. The van der Waals surface area contributed by atoms with Gasteiger partial charge in [0.05, 0.1) is 11.6 Å². The topological polar surface area (TPSA) is 33.1 Å². The standard InChI is InChI=1S/C12H13NO/c1-9(14)7-10-4-5-11-3-2-6-13-12(11)8-10/h2-6,8-9,14H,7H2,1H3/t9-/m0/s1. The summed E-state index contributed by atoms with van der Waals surface area (Å²) in [6.07, 6.45) is 2.18. The summed E-state index contributed by atoms with van der Waals surface area (Å²) in [5.41, 5.74) is 2.12. The van der Waals surface area contributed by atoms with Crippen molar-refractivity contribution in [3.05, 3.63) is 42.1 Å². The molecule has 72 valence electrons. The molecule has 0 amide bonds. The van der Waals surface area contributed by atoms with E-state index in [0.29, 0.717) is 6.42 Å². The maximum atomic E-state index is 9.26. The first-order chi connectivity index (χ1) is 6.75. The highest BCUT2D eigenvalue weighted by atomic mass is 16.3. The Morgan fingerprint density at radius 2 is 2.21 bits per heavy atom. The Morgan fingerprint density at radius 1 is 1.36 bits per heavy atom. The lowest BCUT2D eigenvalue weighted by molar-refractivity contribution is 0.195. The van der Waals surface area contributed by atoms with E-state index in [1.54, 1.807) is 13.1 Å². The van der Waals surface area contributed by atoms with E-state index in [1.165, 1.54) is 0 Å². The molecule has 0 fully saturated rings. The number of hydrogen-bond acceptors (Lipinski definition) is 2. The molecular weight excluding hydrogens is 174 g/mol. The van der Waals surface area contributed by atoms with Gasteiger partial charge in [0.25, 0.3) is 0 Å². The third kappa shape index (κ3) is 1.91. The molecule has 0 unspecified atom stereocenters. The molecule has 0 radical (unpaired) electrons. The maximum Gasteiger partial charge on any atom is 0.0704 e. The number of aliphatic hydroxyl groups is 1. The molecule has 0 bridgehead atoms. The van der Waals surface area contributed by atoms with Gasteiger partial charge in [-0.25, -0.2) is 0 Å². The van der Waals surface area contributed by atoms with Gasteiger partial charge in [-0.15, -0.1) is 0 Å². The number of nitrogens with zero attached hydrogens (tertiary/aromatic N) is 1. The molecule has 0 aliphatic heterocycles. The fraction of sp³-hybridized carbons (Fsp3) is 0.250. The SMILES string of the molecule is C[C@H](O)Cc1ccc2cccnc2c1. The summed E-state index contributed by atoms with van der Waals surface area (Å²) in [5, 5.41) is 10.4. The number of benzene rings is 1. The number of fused-ring (bicyclic) bond motifs is 1. The monoisotopic (exact) mass is 187 g/mol. The summed E-state index contributed by atoms with van der Waals surface area (Å²) in [6.45, 7) is 1.79. The molecule has 0 spiro atoms. The van der Waals surface area contributed by atoms with Gasteiger partial charge in [0.15, 0.2) is 0 Å². The third-order valence-electron chi connectivity index (χ3n) is 2.20. The largest absolute Gasteiger partial charge is 0.393 e. The van der Waals surface area contributed by atoms with Crippen molar-refractivity contribution in [1.29, 1.82) is 0 Å². The van der Waals surface area contributed by atoms with E-state index >= 15 is 0 Å². The summed E-state index contributed by atoms with van der Waals surface area (Å²) in [5.74, 6) is 0. The first-order valence-corrected chi connectivity index (χ1v) is 4.77. The lowest BCUT2D eigenvalue weighted by Crippen LogP contribution is -2.03. The quantitative estimate of drug-likeness (QED) is 0.781. The lowest BCUT2D eigenvalue weighted by Gasteiger charge is -2.04. The van der Waals surface area contributed by atoms with E-state index in [2.05, 4.69) is 4.98 Å². The second kappa shape index (κ2) is 3.76. The summed E-state index contributed by atoms with van der Waals surface area (Å²) in [6, 6.07) is 10.1. The van der Waals surface area contributed by atoms with Crippen LogP contribution in [0, 0.1) is 0 Å². The maximum absolute atomic E-state index is 9.26. The van der Waals surface area contributed by atoms with Gasteiger partial charge in [-0.3, -0.25) is 4.98 Å². The molecule has 2 heteroatoms. The fourth-order valence-electron chi connectivity index (χ4n) is 1.58. The van der Waals surface area contributed by atoms with E-state index < -0.39 is 0 Å². The Labute approximate surface area is 83.2 Å². The van der Waals surface area contributed by atoms with Crippen LogP contribution in [0.15, 0.2) is 36.5 Å². The van der Waals surface area contributed by atoms with E-state index in [9.17, 15) is 5.11 Å². The number of pyridine rings is 1. The second-order valence-electron chi connectivity index (χ2n) is 3.58. The smallest absolute Gasteiger partial charge is 0.0704 e. The zero-order chi connectivity index (χ0) is 9.97. The van der Waals surface area contributed by atoms with E-state index in [-0.39, 0.29) is 6.10 Å². The minimum absolute atomic E-state index is 0.295. The number of aliphatic hydroxyl groups excluding tert-OH is 1. The van der Waals surface area contributed by atoms with Crippen molar-refractivity contribution in [3.8, 4) is 0 Å². The van der Waals surface area contributed by atoms with Crippen LogP contribution in [0.4, 0.5) is 0 Å². The van der Waals surface area contributed by atoms with Crippen LogP contribution in [0.5, 0.6) is 0 Å². The molecule has 14 heavy (non-hydrogen) atoms. The van der Waals surface area contributed by atoms with Gasteiger partial charge < -0.3 is 5.11 Å². The molecule has 0 aliphatic carbocycles.